The van der Waals surface area contributed by atoms with Gasteiger partial charge in [0, 0.05) is 24.5 Å². The van der Waals surface area contributed by atoms with Crippen LogP contribution in [0.3, 0.4) is 0 Å². The van der Waals surface area contributed by atoms with E-state index in [1.165, 1.54) is 5.69 Å². The highest BCUT2D eigenvalue weighted by atomic mass is 15.2. The van der Waals surface area contributed by atoms with Crippen LogP contribution in [0.15, 0.2) is 24.3 Å². The van der Waals surface area contributed by atoms with E-state index in [0.29, 0.717) is 10.8 Å². The summed E-state index contributed by atoms with van der Waals surface area (Å²) in [7, 11) is 0. The predicted molar refractivity (Wildman–Crippen MR) is 70.6 cm³/mol. The zero-order valence-corrected chi connectivity index (χ0v) is 10.7. The fourth-order valence-electron chi connectivity index (χ4n) is 2.31. The molecule has 2 nitrogen and oxygen atoms in total. The van der Waals surface area contributed by atoms with Crippen molar-refractivity contribution in [3.63, 3.8) is 0 Å². The van der Waals surface area contributed by atoms with Gasteiger partial charge in [0.15, 0.2) is 0 Å². The van der Waals surface area contributed by atoms with Crippen molar-refractivity contribution in [2.75, 3.05) is 23.7 Å². The number of rotatable bonds is 1. The van der Waals surface area contributed by atoms with Crippen LogP contribution < -0.4 is 10.6 Å². The lowest BCUT2D eigenvalue weighted by molar-refractivity contribution is 0.184. The average molecular weight is 218 g/mol. The molecule has 0 saturated carbocycles. The Hall–Kier alpha value is -1.18. The Morgan fingerprint density at radius 1 is 0.938 bits per heavy atom. The van der Waals surface area contributed by atoms with Gasteiger partial charge >= 0.3 is 0 Å². The summed E-state index contributed by atoms with van der Waals surface area (Å²) < 4.78 is 0. The molecule has 2 N–H and O–H groups in total. The van der Waals surface area contributed by atoms with Gasteiger partial charge in [-0.3, -0.25) is 0 Å². The second-order valence-corrected chi connectivity index (χ2v) is 6.22. The molecular weight excluding hydrogens is 196 g/mol. The summed E-state index contributed by atoms with van der Waals surface area (Å²) >= 11 is 0. The minimum atomic E-state index is 0.356. The molecule has 0 aliphatic carbocycles. The molecule has 1 aliphatic rings. The van der Waals surface area contributed by atoms with Gasteiger partial charge < -0.3 is 10.6 Å². The first-order valence-corrected chi connectivity index (χ1v) is 5.92. The quantitative estimate of drug-likeness (QED) is 0.734. The summed E-state index contributed by atoms with van der Waals surface area (Å²) in [5.74, 6) is 0. The Morgan fingerprint density at radius 3 is 1.81 bits per heavy atom. The van der Waals surface area contributed by atoms with Crippen LogP contribution >= 0.6 is 0 Å². The summed E-state index contributed by atoms with van der Waals surface area (Å²) in [5, 5.41) is 0. The van der Waals surface area contributed by atoms with E-state index in [4.69, 9.17) is 5.73 Å². The zero-order valence-electron chi connectivity index (χ0n) is 10.7. The van der Waals surface area contributed by atoms with Crippen LogP contribution in [0.25, 0.3) is 0 Å². The molecule has 1 heterocycles. The van der Waals surface area contributed by atoms with Crippen LogP contribution in [0.1, 0.15) is 27.7 Å². The molecule has 2 rings (SSSR count). The lowest BCUT2D eigenvalue weighted by Crippen LogP contribution is -2.30. The van der Waals surface area contributed by atoms with Crippen LogP contribution in [0.5, 0.6) is 0 Å². The third-order valence-corrected chi connectivity index (χ3v) is 4.26. The van der Waals surface area contributed by atoms with Crippen LogP contribution in [0.4, 0.5) is 11.4 Å². The maximum Gasteiger partial charge on any atom is 0.0368 e. The zero-order chi connectivity index (χ0) is 12.0. The minimum Gasteiger partial charge on any atom is -0.399 e. The largest absolute Gasteiger partial charge is 0.399 e. The number of anilines is 2. The molecule has 1 aliphatic heterocycles. The Balaban J connectivity index is 2.23. The van der Waals surface area contributed by atoms with Crippen molar-refractivity contribution in [1.29, 1.82) is 0 Å². The highest BCUT2D eigenvalue weighted by molar-refractivity contribution is 5.54. The highest BCUT2D eigenvalue weighted by Crippen LogP contribution is 2.46. The number of nitrogens with zero attached hydrogens (tertiary/aromatic N) is 1. The summed E-state index contributed by atoms with van der Waals surface area (Å²) in [4.78, 5) is 2.46. The van der Waals surface area contributed by atoms with Crippen molar-refractivity contribution in [2.45, 2.75) is 27.7 Å². The molecule has 0 atom stereocenters. The molecule has 88 valence electrons. The Morgan fingerprint density at radius 2 is 1.38 bits per heavy atom. The van der Waals surface area contributed by atoms with E-state index < -0.39 is 0 Å². The third-order valence-electron chi connectivity index (χ3n) is 4.26. The molecule has 1 aromatic carbocycles. The lowest BCUT2D eigenvalue weighted by atomic mass is 9.71. The first kappa shape index (κ1) is 11.3. The minimum absolute atomic E-state index is 0.356. The standard InChI is InChI=1S/C14H22N2/c1-13(2)9-16(10-14(13,3)4)12-7-5-11(15)6-8-12/h5-8H,9-10,15H2,1-4H3. The maximum absolute atomic E-state index is 5.71. The SMILES string of the molecule is CC1(C)CN(c2ccc(N)cc2)CC1(C)C. The summed E-state index contributed by atoms with van der Waals surface area (Å²) in [5.41, 5.74) is 8.54. The monoisotopic (exact) mass is 218 g/mol. The number of hydrogen-bond donors (Lipinski definition) is 1. The van der Waals surface area contributed by atoms with Crippen LogP contribution in [-0.4, -0.2) is 13.1 Å². The van der Waals surface area contributed by atoms with Crippen molar-refractivity contribution in [2.24, 2.45) is 10.8 Å². The van der Waals surface area contributed by atoms with Gasteiger partial charge in [-0.25, -0.2) is 0 Å². The second kappa shape index (κ2) is 3.41. The van der Waals surface area contributed by atoms with E-state index in [1.807, 2.05) is 12.1 Å². The fourth-order valence-corrected chi connectivity index (χ4v) is 2.31. The average Bonchev–Trinajstić information content (AvgIpc) is 2.37. The van der Waals surface area contributed by atoms with Gasteiger partial charge in [0.1, 0.15) is 0 Å². The van der Waals surface area contributed by atoms with Crippen molar-refractivity contribution in [1.82, 2.24) is 0 Å². The Bertz CT molecular complexity index is 360. The summed E-state index contributed by atoms with van der Waals surface area (Å²) in [6.07, 6.45) is 0. The topological polar surface area (TPSA) is 29.3 Å². The molecule has 1 fully saturated rings. The van der Waals surface area contributed by atoms with E-state index in [9.17, 15) is 0 Å². The number of nitrogens with two attached hydrogens (primary N) is 1. The smallest absolute Gasteiger partial charge is 0.0368 e. The molecule has 0 radical (unpaired) electrons. The lowest BCUT2D eigenvalue weighted by Gasteiger charge is -2.32. The third kappa shape index (κ3) is 1.77. The van der Waals surface area contributed by atoms with Gasteiger partial charge in [-0.2, -0.15) is 0 Å². The fraction of sp³-hybridized carbons (Fsp3) is 0.571. The van der Waals surface area contributed by atoms with E-state index in [0.717, 1.165) is 18.8 Å². The summed E-state index contributed by atoms with van der Waals surface area (Å²) in [6.45, 7) is 11.6. The molecule has 1 aromatic rings. The molecule has 0 amide bonds. The van der Waals surface area contributed by atoms with E-state index >= 15 is 0 Å². The van der Waals surface area contributed by atoms with Gasteiger partial charge in [0.25, 0.3) is 0 Å². The molecule has 0 aromatic heterocycles. The molecule has 0 unspecified atom stereocenters. The van der Waals surface area contributed by atoms with Crippen molar-refractivity contribution < 1.29 is 0 Å². The van der Waals surface area contributed by atoms with E-state index in [2.05, 4.69) is 44.7 Å². The van der Waals surface area contributed by atoms with E-state index in [1.54, 1.807) is 0 Å². The van der Waals surface area contributed by atoms with E-state index in [-0.39, 0.29) is 0 Å². The number of hydrogen-bond acceptors (Lipinski definition) is 2. The molecule has 1 saturated heterocycles. The van der Waals surface area contributed by atoms with Crippen molar-refractivity contribution >= 4 is 11.4 Å². The molecular formula is C14H22N2. The van der Waals surface area contributed by atoms with Gasteiger partial charge in [0.2, 0.25) is 0 Å². The Labute approximate surface area is 98.4 Å². The summed E-state index contributed by atoms with van der Waals surface area (Å²) in [6, 6.07) is 8.20. The normalized spacial score (nSPS) is 22.4. The van der Waals surface area contributed by atoms with Crippen LogP contribution in [-0.2, 0) is 0 Å². The molecule has 2 heteroatoms. The first-order valence-electron chi connectivity index (χ1n) is 5.92. The Kier molecular flexibility index (Phi) is 2.41. The predicted octanol–water partition coefficient (Wildman–Crippen LogP) is 3.14. The van der Waals surface area contributed by atoms with Gasteiger partial charge in [0.05, 0.1) is 0 Å². The number of benzene rings is 1. The molecule has 0 spiro atoms. The van der Waals surface area contributed by atoms with Gasteiger partial charge in [-0.15, -0.1) is 0 Å². The van der Waals surface area contributed by atoms with Crippen LogP contribution in [0.2, 0.25) is 0 Å². The second-order valence-electron chi connectivity index (χ2n) is 6.22. The van der Waals surface area contributed by atoms with Crippen molar-refractivity contribution in [3.05, 3.63) is 24.3 Å². The van der Waals surface area contributed by atoms with Crippen molar-refractivity contribution in [3.8, 4) is 0 Å². The maximum atomic E-state index is 5.71. The molecule has 0 bridgehead atoms. The highest BCUT2D eigenvalue weighted by Gasteiger charge is 2.45. The van der Waals surface area contributed by atoms with Crippen LogP contribution in [0, 0.1) is 10.8 Å². The van der Waals surface area contributed by atoms with Gasteiger partial charge in [-0.05, 0) is 35.1 Å². The first-order chi connectivity index (χ1) is 7.32. The molecule has 16 heavy (non-hydrogen) atoms. The number of nitrogen functional groups attached to an aromatic ring is 1. The van der Waals surface area contributed by atoms with Gasteiger partial charge in [-0.1, -0.05) is 27.7 Å².